The lowest BCUT2D eigenvalue weighted by Gasteiger charge is -2.40. The summed E-state index contributed by atoms with van der Waals surface area (Å²) < 4.78 is 0. The summed E-state index contributed by atoms with van der Waals surface area (Å²) in [7, 11) is 0. The largest absolute Gasteiger partial charge is 0.242 e. The molecule has 7 heteroatoms. The number of rotatable bonds is 3. The van der Waals surface area contributed by atoms with Gasteiger partial charge >= 0.3 is 0 Å². The Hall–Kier alpha value is -2.57. The Balaban J connectivity index is 1.29. The number of hydrogen-bond acceptors (Lipinski definition) is 7. The van der Waals surface area contributed by atoms with Crippen molar-refractivity contribution in [1.29, 1.82) is 0 Å². The monoisotopic (exact) mass is 513 g/mol. The summed E-state index contributed by atoms with van der Waals surface area (Å²) in [6, 6.07) is 0. The highest BCUT2D eigenvalue weighted by Gasteiger charge is 2.43. The minimum Gasteiger partial charge on any atom is -0.242 e. The van der Waals surface area contributed by atoms with Crippen LogP contribution in [0.25, 0.3) is 0 Å². The zero-order valence-electron chi connectivity index (χ0n) is 23.6. The van der Waals surface area contributed by atoms with Crippen LogP contribution in [0.3, 0.4) is 0 Å². The maximum absolute atomic E-state index is 5.06. The first-order chi connectivity index (χ1) is 18.6. The molecule has 7 atom stereocenters. The fourth-order valence-electron chi connectivity index (χ4n) is 7.71. The van der Waals surface area contributed by atoms with E-state index in [0.29, 0.717) is 41.4 Å². The zero-order chi connectivity index (χ0) is 26.2. The molecule has 0 saturated carbocycles. The van der Waals surface area contributed by atoms with Gasteiger partial charge in [0.2, 0.25) is 0 Å². The summed E-state index contributed by atoms with van der Waals surface area (Å²) in [6.07, 6.45) is 16.4. The quantitative estimate of drug-likeness (QED) is 0.385. The molecule has 0 aromatic heterocycles. The second kappa shape index (κ2) is 10.9. The molecular weight excluding hydrogens is 470 g/mol. The van der Waals surface area contributed by atoms with Crippen LogP contribution in [-0.2, 0) is 0 Å². The van der Waals surface area contributed by atoms with Gasteiger partial charge in [-0.3, -0.25) is 0 Å². The Labute approximate surface area is 227 Å². The summed E-state index contributed by atoms with van der Waals surface area (Å²) in [6.45, 7) is 8.86. The Bertz CT molecular complexity index is 1200. The SMILES string of the molecule is C/C=C1/N=C/N=C2/N=C3N=C4N=C5N=C6N=C(CC)C(CC)CC6CC5CC4CC3CC2CCCC1CC. The highest BCUT2D eigenvalue weighted by molar-refractivity contribution is 6.15. The Morgan fingerprint density at radius 3 is 1.79 bits per heavy atom. The molecule has 0 N–H and O–H groups in total. The van der Waals surface area contributed by atoms with Crippen molar-refractivity contribution in [1.82, 2.24) is 0 Å². The van der Waals surface area contributed by atoms with Gasteiger partial charge in [-0.05, 0) is 77.0 Å². The maximum atomic E-state index is 5.06. The third kappa shape index (κ3) is 4.82. The van der Waals surface area contributed by atoms with Crippen LogP contribution in [0.15, 0.2) is 46.7 Å². The van der Waals surface area contributed by atoms with Crippen molar-refractivity contribution in [3.05, 3.63) is 11.8 Å². The van der Waals surface area contributed by atoms with E-state index in [4.69, 9.17) is 34.9 Å². The summed E-state index contributed by atoms with van der Waals surface area (Å²) in [5, 5.41) is 0. The molecule has 6 rings (SSSR count). The molecular formula is C31H43N7. The first-order valence-electron chi connectivity index (χ1n) is 15.3. The highest BCUT2D eigenvalue weighted by atomic mass is 15.1. The van der Waals surface area contributed by atoms with Gasteiger partial charge in [0.15, 0.2) is 0 Å². The number of fused-ring (bicyclic) bond motifs is 5. The first-order valence-corrected chi connectivity index (χ1v) is 15.3. The molecule has 0 aliphatic carbocycles. The smallest absolute Gasteiger partial charge is 0.135 e. The van der Waals surface area contributed by atoms with Crippen molar-refractivity contribution in [2.24, 2.45) is 76.4 Å². The predicted octanol–water partition coefficient (Wildman–Crippen LogP) is 7.10. The molecule has 0 aromatic carbocycles. The van der Waals surface area contributed by atoms with Gasteiger partial charge in [-0.1, -0.05) is 33.3 Å². The molecule has 202 valence electrons. The van der Waals surface area contributed by atoms with Crippen molar-refractivity contribution in [2.75, 3.05) is 0 Å². The molecule has 6 aliphatic rings. The average molecular weight is 514 g/mol. The summed E-state index contributed by atoms with van der Waals surface area (Å²) >= 11 is 0. The summed E-state index contributed by atoms with van der Waals surface area (Å²) in [5.74, 6) is 8.07. The molecule has 0 spiro atoms. The Morgan fingerprint density at radius 2 is 1.21 bits per heavy atom. The van der Waals surface area contributed by atoms with E-state index in [1.807, 2.05) is 0 Å². The molecule has 0 amide bonds. The van der Waals surface area contributed by atoms with Gasteiger partial charge in [-0.2, -0.15) is 0 Å². The van der Waals surface area contributed by atoms with Gasteiger partial charge in [0.05, 0.1) is 0 Å². The molecule has 0 radical (unpaired) electrons. The van der Waals surface area contributed by atoms with Crippen LogP contribution in [0.2, 0.25) is 0 Å². The van der Waals surface area contributed by atoms with Crippen molar-refractivity contribution in [2.45, 2.75) is 98.3 Å². The van der Waals surface area contributed by atoms with Gasteiger partial charge in [0.25, 0.3) is 0 Å². The van der Waals surface area contributed by atoms with Crippen molar-refractivity contribution in [3.8, 4) is 0 Å². The van der Waals surface area contributed by atoms with Gasteiger partial charge in [-0.15, -0.1) is 0 Å². The lowest BCUT2D eigenvalue weighted by atomic mass is 9.72. The van der Waals surface area contributed by atoms with Crippen LogP contribution in [-0.4, -0.2) is 41.2 Å². The van der Waals surface area contributed by atoms with Gasteiger partial charge < -0.3 is 0 Å². The number of hydrogen-bond donors (Lipinski definition) is 0. The molecule has 7 nitrogen and oxygen atoms in total. The standard InChI is InChI=1S/C31H43N7/c1-5-18-10-9-11-20-13-22-15-24-16-23-14-21-12-19(6-2)26(8-4)34-28(21)36-30(23)38-31(24)37-29(22)35-27(20)33-17-32-25(18)7-3/h7,17-24H,5-6,8-16H2,1-4H3/b25-7+,32-17+,33-27+. The van der Waals surface area contributed by atoms with Gasteiger partial charge in [-0.25, -0.2) is 34.9 Å². The van der Waals surface area contributed by atoms with Crippen LogP contribution < -0.4 is 0 Å². The van der Waals surface area contributed by atoms with E-state index >= 15 is 0 Å². The number of allylic oxidation sites excluding steroid dienone is 2. The fraction of sp³-hybridized carbons (Fsp3) is 0.710. The predicted molar refractivity (Wildman–Crippen MR) is 159 cm³/mol. The topological polar surface area (TPSA) is 86.5 Å². The van der Waals surface area contributed by atoms with E-state index in [1.165, 1.54) is 31.4 Å². The third-order valence-corrected chi connectivity index (χ3v) is 9.88. The lowest BCUT2D eigenvalue weighted by Crippen LogP contribution is -2.42. The van der Waals surface area contributed by atoms with E-state index in [2.05, 4.69) is 33.8 Å². The normalized spacial score (nSPS) is 39.8. The molecule has 0 fully saturated rings. The number of amidine groups is 5. The third-order valence-electron chi connectivity index (χ3n) is 9.88. The van der Waals surface area contributed by atoms with Gasteiger partial charge in [0.1, 0.15) is 35.5 Å². The van der Waals surface area contributed by atoms with E-state index in [9.17, 15) is 0 Å². The molecule has 38 heavy (non-hydrogen) atoms. The Kier molecular flexibility index (Phi) is 7.37. The highest BCUT2D eigenvalue weighted by Crippen LogP contribution is 2.43. The molecule has 0 saturated heterocycles. The second-order valence-electron chi connectivity index (χ2n) is 12.1. The number of nitrogens with zero attached hydrogens (tertiary/aromatic N) is 7. The first kappa shape index (κ1) is 25.7. The van der Waals surface area contributed by atoms with Crippen LogP contribution in [0, 0.1) is 41.4 Å². The van der Waals surface area contributed by atoms with E-state index in [1.54, 1.807) is 6.34 Å². The second-order valence-corrected chi connectivity index (χ2v) is 12.1. The van der Waals surface area contributed by atoms with Crippen LogP contribution in [0.5, 0.6) is 0 Å². The maximum Gasteiger partial charge on any atom is 0.135 e. The molecule has 6 heterocycles. The molecule has 7 unspecified atom stereocenters. The van der Waals surface area contributed by atoms with E-state index < -0.39 is 0 Å². The van der Waals surface area contributed by atoms with Crippen molar-refractivity contribution >= 4 is 41.2 Å². The Morgan fingerprint density at radius 1 is 0.658 bits per heavy atom. The van der Waals surface area contributed by atoms with Gasteiger partial charge in [0, 0.05) is 46.9 Å². The molecule has 0 aromatic rings. The molecule has 6 aliphatic heterocycles. The van der Waals surface area contributed by atoms with Crippen molar-refractivity contribution < 1.29 is 0 Å². The lowest BCUT2D eigenvalue weighted by molar-refractivity contribution is 0.346. The van der Waals surface area contributed by atoms with E-state index in [-0.39, 0.29) is 0 Å². The molecule has 0 bridgehead atoms. The fourth-order valence-corrected chi connectivity index (χ4v) is 7.71. The van der Waals surface area contributed by atoms with Crippen molar-refractivity contribution in [3.63, 3.8) is 0 Å². The minimum atomic E-state index is 0.403. The zero-order valence-corrected chi connectivity index (χ0v) is 23.6. The average Bonchev–Trinajstić information content (AvgIpc) is 2.94. The number of aliphatic imine (C=N–C) groups is 7. The minimum absolute atomic E-state index is 0.403. The van der Waals surface area contributed by atoms with Crippen LogP contribution >= 0.6 is 0 Å². The summed E-state index contributed by atoms with van der Waals surface area (Å²) in [5.41, 5.74) is 2.47. The van der Waals surface area contributed by atoms with E-state index in [0.717, 1.165) is 79.8 Å². The van der Waals surface area contributed by atoms with Crippen LogP contribution in [0.1, 0.15) is 98.3 Å². The summed E-state index contributed by atoms with van der Waals surface area (Å²) in [4.78, 5) is 34.7. The van der Waals surface area contributed by atoms with Crippen LogP contribution in [0.4, 0.5) is 0 Å².